The standard InChI is InChI=1S/C25H29N5OS/c1-19-5-2-7-21(17-19)28-12-14-29(15-13-28)25(31)20-6-3-11-30(18-20)24-10-9-22(26-27-24)23-8-4-16-32-23/h2,4-5,7-10,16-17,20H,3,6,11-15,18H2,1H3. The van der Waals surface area contributed by atoms with Gasteiger partial charge in [-0.2, -0.15) is 0 Å². The minimum absolute atomic E-state index is 0.0352. The van der Waals surface area contributed by atoms with Gasteiger partial charge in [0.1, 0.15) is 5.69 Å². The third-order valence-electron chi connectivity index (χ3n) is 6.48. The fraction of sp³-hybridized carbons (Fsp3) is 0.400. The number of rotatable bonds is 4. The molecule has 1 atom stereocenters. The number of hydrogen-bond acceptors (Lipinski definition) is 6. The van der Waals surface area contributed by atoms with E-state index in [9.17, 15) is 4.79 Å². The van der Waals surface area contributed by atoms with Gasteiger partial charge in [-0.3, -0.25) is 4.79 Å². The van der Waals surface area contributed by atoms with Crippen LogP contribution in [-0.4, -0.2) is 60.3 Å². The normalized spacial score (nSPS) is 19.3. The quantitative estimate of drug-likeness (QED) is 0.603. The van der Waals surface area contributed by atoms with E-state index in [0.29, 0.717) is 5.91 Å². The topological polar surface area (TPSA) is 52.6 Å². The summed E-state index contributed by atoms with van der Waals surface area (Å²) >= 11 is 1.67. The van der Waals surface area contributed by atoms with Gasteiger partial charge >= 0.3 is 0 Å². The number of thiophene rings is 1. The second-order valence-electron chi connectivity index (χ2n) is 8.69. The summed E-state index contributed by atoms with van der Waals surface area (Å²) in [7, 11) is 0. The first-order valence-electron chi connectivity index (χ1n) is 11.4. The van der Waals surface area contributed by atoms with Crippen molar-refractivity contribution in [1.82, 2.24) is 15.1 Å². The molecule has 1 aromatic carbocycles. The Bertz CT molecular complexity index is 1040. The number of nitrogens with zero attached hydrogens (tertiary/aromatic N) is 5. The van der Waals surface area contributed by atoms with Crippen LogP contribution in [0.2, 0.25) is 0 Å². The first-order chi connectivity index (χ1) is 15.7. The fourth-order valence-corrected chi connectivity index (χ4v) is 5.39. The molecule has 2 aliphatic heterocycles. The average molecular weight is 448 g/mol. The van der Waals surface area contributed by atoms with Gasteiger partial charge in [-0.15, -0.1) is 21.5 Å². The SMILES string of the molecule is Cc1cccc(N2CCN(C(=O)C3CCCN(c4ccc(-c5cccs5)nn4)C3)CC2)c1. The molecule has 0 saturated carbocycles. The lowest BCUT2D eigenvalue weighted by Crippen LogP contribution is -2.52. The minimum atomic E-state index is 0.0352. The average Bonchev–Trinajstić information content (AvgIpc) is 3.39. The molecule has 0 spiro atoms. The number of aryl methyl sites for hydroxylation is 1. The Balaban J connectivity index is 1.19. The van der Waals surface area contributed by atoms with Crippen molar-refractivity contribution in [2.24, 2.45) is 5.92 Å². The van der Waals surface area contributed by atoms with Gasteiger partial charge < -0.3 is 14.7 Å². The summed E-state index contributed by atoms with van der Waals surface area (Å²) < 4.78 is 0. The van der Waals surface area contributed by atoms with Crippen molar-refractivity contribution in [3.63, 3.8) is 0 Å². The molecule has 2 fully saturated rings. The van der Waals surface area contributed by atoms with Crippen LogP contribution in [0.15, 0.2) is 53.9 Å². The summed E-state index contributed by atoms with van der Waals surface area (Å²) in [6, 6.07) is 16.8. The summed E-state index contributed by atoms with van der Waals surface area (Å²) in [4.78, 5) is 21.1. The van der Waals surface area contributed by atoms with Crippen molar-refractivity contribution < 1.29 is 4.79 Å². The maximum Gasteiger partial charge on any atom is 0.227 e. The van der Waals surface area contributed by atoms with E-state index in [0.717, 1.165) is 68.5 Å². The molecular formula is C25H29N5OS. The van der Waals surface area contributed by atoms with E-state index >= 15 is 0 Å². The maximum atomic E-state index is 13.3. The maximum absolute atomic E-state index is 13.3. The van der Waals surface area contributed by atoms with Crippen LogP contribution < -0.4 is 9.80 Å². The van der Waals surface area contributed by atoms with Crippen molar-refractivity contribution >= 4 is 28.7 Å². The van der Waals surface area contributed by atoms with Crippen LogP contribution in [0.5, 0.6) is 0 Å². The van der Waals surface area contributed by atoms with Crippen molar-refractivity contribution in [2.75, 3.05) is 49.1 Å². The van der Waals surface area contributed by atoms with Gasteiger partial charge in [0.15, 0.2) is 5.82 Å². The highest BCUT2D eigenvalue weighted by molar-refractivity contribution is 7.13. The smallest absolute Gasteiger partial charge is 0.227 e. The molecule has 2 aromatic heterocycles. The van der Waals surface area contributed by atoms with Gasteiger partial charge in [-0.1, -0.05) is 18.2 Å². The molecule has 0 N–H and O–H groups in total. The molecule has 2 aliphatic rings. The molecule has 32 heavy (non-hydrogen) atoms. The number of hydrogen-bond donors (Lipinski definition) is 0. The monoisotopic (exact) mass is 447 g/mol. The first-order valence-corrected chi connectivity index (χ1v) is 12.3. The van der Waals surface area contributed by atoms with Crippen molar-refractivity contribution in [2.45, 2.75) is 19.8 Å². The van der Waals surface area contributed by atoms with E-state index in [1.165, 1.54) is 11.3 Å². The highest BCUT2D eigenvalue weighted by Crippen LogP contribution is 2.27. The Morgan fingerprint density at radius 3 is 2.56 bits per heavy atom. The molecule has 7 heteroatoms. The van der Waals surface area contributed by atoms with E-state index in [4.69, 9.17) is 0 Å². The predicted molar refractivity (Wildman–Crippen MR) is 130 cm³/mol. The van der Waals surface area contributed by atoms with Gasteiger partial charge in [0.2, 0.25) is 5.91 Å². The van der Waals surface area contributed by atoms with Gasteiger partial charge in [0, 0.05) is 45.0 Å². The van der Waals surface area contributed by atoms with Crippen LogP contribution in [0.1, 0.15) is 18.4 Å². The number of benzene rings is 1. The highest BCUT2D eigenvalue weighted by atomic mass is 32.1. The number of amides is 1. The third kappa shape index (κ3) is 4.48. The summed E-state index contributed by atoms with van der Waals surface area (Å²) in [5.41, 5.74) is 3.43. The van der Waals surface area contributed by atoms with E-state index < -0.39 is 0 Å². The van der Waals surface area contributed by atoms with Crippen molar-refractivity contribution in [3.8, 4) is 10.6 Å². The van der Waals surface area contributed by atoms with Crippen LogP contribution in [0.25, 0.3) is 10.6 Å². The second kappa shape index (κ2) is 9.28. The molecule has 2 saturated heterocycles. The molecule has 6 nitrogen and oxygen atoms in total. The Morgan fingerprint density at radius 1 is 0.969 bits per heavy atom. The summed E-state index contributed by atoms with van der Waals surface area (Å²) in [5, 5.41) is 10.9. The second-order valence-corrected chi connectivity index (χ2v) is 9.64. The van der Waals surface area contributed by atoms with Crippen LogP contribution in [0.4, 0.5) is 11.5 Å². The van der Waals surface area contributed by atoms with E-state index in [2.05, 4.69) is 62.2 Å². The van der Waals surface area contributed by atoms with Crippen LogP contribution in [-0.2, 0) is 4.79 Å². The molecule has 5 rings (SSSR count). The zero-order valence-electron chi connectivity index (χ0n) is 18.5. The fourth-order valence-electron chi connectivity index (χ4n) is 4.70. The van der Waals surface area contributed by atoms with Gasteiger partial charge in [-0.25, -0.2) is 0 Å². The lowest BCUT2D eigenvalue weighted by atomic mass is 9.96. The van der Waals surface area contributed by atoms with Gasteiger partial charge in [0.05, 0.1) is 10.8 Å². The predicted octanol–water partition coefficient (Wildman–Crippen LogP) is 4.08. The number of carbonyl (C=O) groups excluding carboxylic acids is 1. The van der Waals surface area contributed by atoms with Crippen LogP contribution in [0, 0.1) is 12.8 Å². The Morgan fingerprint density at radius 2 is 1.84 bits per heavy atom. The molecule has 0 radical (unpaired) electrons. The van der Waals surface area contributed by atoms with E-state index in [1.807, 2.05) is 23.6 Å². The number of aromatic nitrogens is 2. The Hall–Kier alpha value is -2.93. The Kier molecular flexibility index (Phi) is 6.08. The summed E-state index contributed by atoms with van der Waals surface area (Å²) in [6.07, 6.45) is 1.96. The summed E-state index contributed by atoms with van der Waals surface area (Å²) in [5.74, 6) is 1.20. The first kappa shape index (κ1) is 20.9. The zero-order chi connectivity index (χ0) is 21.9. The van der Waals surface area contributed by atoms with Gasteiger partial charge in [-0.05, 0) is 61.0 Å². The minimum Gasteiger partial charge on any atom is -0.368 e. The molecular weight excluding hydrogens is 418 g/mol. The van der Waals surface area contributed by atoms with E-state index in [-0.39, 0.29) is 5.92 Å². The molecule has 0 aliphatic carbocycles. The van der Waals surface area contributed by atoms with Crippen molar-refractivity contribution in [1.29, 1.82) is 0 Å². The molecule has 0 bridgehead atoms. The van der Waals surface area contributed by atoms with Crippen molar-refractivity contribution in [3.05, 3.63) is 59.5 Å². The number of anilines is 2. The third-order valence-corrected chi connectivity index (χ3v) is 7.37. The lowest BCUT2D eigenvalue weighted by molar-refractivity contribution is -0.136. The summed E-state index contributed by atoms with van der Waals surface area (Å²) in [6.45, 7) is 7.14. The molecule has 166 valence electrons. The molecule has 1 amide bonds. The number of piperazine rings is 1. The largest absolute Gasteiger partial charge is 0.368 e. The molecule has 3 aromatic rings. The number of piperidine rings is 1. The number of carbonyl (C=O) groups is 1. The van der Waals surface area contributed by atoms with Crippen LogP contribution >= 0.6 is 11.3 Å². The van der Waals surface area contributed by atoms with Crippen LogP contribution in [0.3, 0.4) is 0 Å². The molecule has 4 heterocycles. The Labute approximate surface area is 193 Å². The lowest BCUT2D eigenvalue weighted by Gasteiger charge is -2.40. The highest BCUT2D eigenvalue weighted by Gasteiger charge is 2.31. The van der Waals surface area contributed by atoms with E-state index in [1.54, 1.807) is 11.3 Å². The van der Waals surface area contributed by atoms with Gasteiger partial charge in [0.25, 0.3) is 0 Å². The zero-order valence-corrected chi connectivity index (χ0v) is 19.3. The molecule has 1 unspecified atom stereocenters.